The Morgan fingerprint density at radius 3 is 2.39 bits per heavy atom. The van der Waals surface area contributed by atoms with Gasteiger partial charge in [0.15, 0.2) is 0 Å². The number of ketones is 1. The van der Waals surface area contributed by atoms with Gasteiger partial charge < -0.3 is 9.84 Å². The van der Waals surface area contributed by atoms with Gasteiger partial charge in [0.1, 0.15) is 11.9 Å². The van der Waals surface area contributed by atoms with Crippen LogP contribution in [0.1, 0.15) is 119 Å². The summed E-state index contributed by atoms with van der Waals surface area (Å²) < 4.78 is 5.80. The zero-order chi connectivity index (χ0) is 26.3. The van der Waals surface area contributed by atoms with Crippen LogP contribution in [0.25, 0.3) is 0 Å². The number of hydrogen-bond donors (Lipinski definition) is 1. The van der Waals surface area contributed by atoms with E-state index in [1.165, 1.54) is 38.5 Å². The molecule has 0 bridgehead atoms. The van der Waals surface area contributed by atoms with Crippen molar-refractivity contribution in [1.29, 1.82) is 0 Å². The standard InChI is InChI=1S/C32H50O4/c1-8-20(33)17-23(34)22-18-26-30(5)15-10-14-29(4,9-2)24(30)13-16-31(26,6)25-12-11-21-19(3)36-28(35)27(21)32(22,25)7/h19-20,22,24-26,33H,8-18H2,1-7H3/t19-,20?,22-,24-,25-,26+,29?,30-,31-,32-/m0/s1. The van der Waals surface area contributed by atoms with Crippen LogP contribution in [0.4, 0.5) is 0 Å². The molecular formula is C32H50O4. The van der Waals surface area contributed by atoms with Gasteiger partial charge in [-0.25, -0.2) is 4.79 Å². The van der Waals surface area contributed by atoms with E-state index in [9.17, 15) is 14.7 Å². The van der Waals surface area contributed by atoms with Gasteiger partial charge >= 0.3 is 5.97 Å². The number of fused-ring (bicyclic) bond motifs is 6. The second kappa shape index (κ2) is 8.68. The summed E-state index contributed by atoms with van der Waals surface area (Å²) in [6.07, 6.45) is 10.3. The van der Waals surface area contributed by atoms with Gasteiger partial charge in [0, 0.05) is 23.3 Å². The van der Waals surface area contributed by atoms with E-state index in [-0.39, 0.29) is 41.0 Å². The van der Waals surface area contributed by atoms with Crippen molar-refractivity contribution in [2.45, 2.75) is 131 Å². The lowest BCUT2D eigenvalue weighted by Gasteiger charge is -2.70. The van der Waals surface area contributed by atoms with E-state index >= 15 is 0 Å². The summed E-state index contributed by atoms with van der Waals surface area (Å²) in [6, 6.07) is 0. The molecule has 1 aliphatic heterocycles. The summed E-state index contributed by atoms with van der Waals surface area (Å²) in [4.78, 5) is 27.5. The van der Waals surface area contributed by atoms with Crippen LogP contribution in [0.15, 0.2) is 11.1 Å². The van der Waals surface area contributed by atoms with Crippen LogP contribution in [-0.2, 0) is 14.3 Å². The van der Waals surface area contributed by atoms with Gasteiger partial charge in [0.05, 0.1) is 6.10 Å². The van der Waals surface area contributed by atoms with E-state index in [1.807, 2.05) is 13.8 Å². The first-order valence-corrected chi connectivity index (χ1v) is 15.0. The number of cyclic esters (lactones) is 1. The average Bonchev–Trinajstić information content (AvgIpc) is 3.12. The van der Waals surface area contributed by atoms with Crippen LogP contribution in [0.5, 0.6) is 0 Å². The van der Waals surface area contributed by atoms with Gasteiger partial charge in [-0.2, -0.15) is 0 Å². The van der Waals surface area contributed by atoms with Crippen LogP contribution < -0.4 is 0 Å². The third-order valence-electron chi connectivity index (χ3n) is 13.0. The topological polar surface area (TPSA) is 63.6 Å². The zero-order valence-electron chi connectivity index (χ0n) is 23.9. The third-order valence-corrected chi connectivity index (χ3v) is 13.0. The molecule has 4 nitrogen and oxygen atoms in total. The molecule has 36 heavy (non-hydrogen) atoms. The minimum Gasteiger partial charge on any atom is -0.455 e. The molecule has 5 aliphatic rings. The highest BCUT2D eigenvalue weighted by Crippen LogP contribution is 2.75. The first kappa shape index (κ1) is 26.4. The fourth-order valence-electron chi connectivity index (χ4n) is 11.1. The largest absolute Gasteiger partial charge is 0.455 e. The van der Waals surface area contributed by atoms with E-state index in [4.69, 9.17) is 4.74 Å². The maximum atomic E-state index is 14.1. The van der Waals surface area contributed by atoms with Gasteiger partial charge in [-0.1, -0.05) is 54.4 Å². The highest BCUT2D eigenvalue weighted by Gasteiger charge is 2.69. The molecule has 4 aliphatic carbocycles. The molecule has 0 aromatic rings. The number of carbonyl (C=O) groups excluding carboxylic acids is 2. The van der Waals surface area contributed by atoms with Crippen molar-refractivity contribution in [3.8, 4) is 0 Å². The molecule has 3 fully saturated rings. The molecule has 0 amide bonds. The molecule has 0 radical (unpaired) electrons. The smallest absolute Gasteiger partial charge is 0.335 e. The summed E-state index contributed by atoms with van der Waals surface area (Å²) >= 11 is 0. The van der Waals surface area contributed by atoms with Gasteiger partial charge in [-0.05, 0) is 97.9 Å². The highest BCUT2D eigenvalue weighted by atomic mass is 16.5. The monoisotopic (exact) mass is 498 g/mol. The van der Waals surface area contributed by atoms with Crippen LogP contribution in [0.3, 0.4) is 0 Å². The maximum Gasteiger partial charge on any atom is 0.335 e. The lowest BCUT2D eigenvalue weighted by molar-refractivity contribution is -0.207. The zero-order valence-corrected chi connectivity index (χ0v) is 23.9. The first-order valence-electron chi connectivity index (χ1n) is 15.0. The second-order valence-electron chi connectivity index (χ2n) is 14.4. The number of aliphatic hydroxyl groups is 1. The van der Waals surface area contributed by atoms with Crippen molar-refractivity contribution < 1.29 is 19.4 Å². The molecule has 1 heterocycles. The van der Waals surface area contributed by atoms with Gasteiger partial charge in [0.25, 0.3) is 0 Å². The molecule has 3 saturated carbocycles. The summed E-state index contributed by atoms with van der Waals surface area (Å²) in [5, 5.41) is 10.5. The van der Waals surface area contributed by atoms with Crippen molar-refractivity contribution in [3.63, 3.8) is 0 Å². The lowest BCUT2D eigenvalue weighted by atomic mass is 9.33. The number of ether oxygens (including phenoxy) is 1. The quantitative estimate of drug-likeness (QED) is 0.413. The molecular weight excluding hydrogens is 448 g/mol. The number of rotatable bonds is 5. The molecule has 0 spiro atoms. The third kappa shape index (κ3) is 3.41. The summed E-state index contributed by atoms with van der Waals surface area (Å²) in [5.74, 6) is 1.21. The van der Waals surface area contributed by atoms with Gasteiger partial charge in [0.2, 0.25) is 0 Å². The lowest BCUT2D eigenvalue weighted by Crippen LogP contribution is -2.65. The van der Waals surface area contributed by atoms with E-state index in [0.29, 0.717) is 29.6 Å². The van der Waals surface area contributed by atoms with Crippen molar-refractivity contribution >= 4 is 11.8 Å². The van der Waals surface area contributed by atoms with Crippen LogP contribution in [0.2, 0.25) is 0 Å². The maximum absolute atomic E-state index is 14.1. The Morgan fingerprint density at radius 2 is 1.72 bits per heavy atom. The van der Waals surface area contributed by atoms with Crippen molar-refractivity contribution in [2.75, 3.05) is 0 Å². The summed E-state index contributed by atoms with van der Waals surface area (Å²) in [5.41, 5.74) is 2.18. The molecule has 0 aromatic heterocycles. The molecule has 1 N–H and O–H groups in total. The predicted molar refractivity (Wildman–Crippen MR) is 142 cm³/mol. The van der Waals surface area contributed by atoms with Crippen molar-refractivity contribution in [2.24, 2.45) is 45.3 Å². The molecule has 4 heteroatoms. The molecule has 202 valence electrons. The Labute approximate surface area is 219 Å². The summed E-state index contributed by atoms with van der Waals surface area (Å²) in [6.45, 7) is 16.2. The fourth-order valence-corrected chi connectivity index (χ4v) is 11.1. The molecule has 2 unspecified atom stereocenters. The van der Waals surface area contributed by atoms with Crippen LogP contribution >= 0.6 is 0 Å². The van der Waals surface area contributed by atoms with E-state index in [0.717, 1.165) is 30.4 Å². The highest BCUT2D eigenvalue weighted by molar-refractivity contribution is 5.96. The van der Waals surface area contributed by atoms with E-state index in [1.54, 1.807) is 0 Å². The number of carbonyl (C=O) groups is 2. The minimum atomic E-state index is -0.605. The first-order chi connectivity index (χ1) is 16.9. The number of esters is 1. The SMILES string of the molecule is CCC(O)CC(=O)[C@@H]1C[C@@H]2[C@@]3(C)CCCC(C)(CC)[C@@H]3CC[C@@]2(C)[C@@H]2CCC3=C(C(=O)O[C@H]3C)[C@@]12C. The fraction of sp³-hybridized carbons (Fsp3) is 0.875. The Bertz CT molecular complexity index is 967. The molecule has 10 atom stereocenters. The van der Waals surface area contributed by atoms with Crippen LogP contribution in [-0.4, -0.2) is 29.1 Å². The Hall–Kier alpha value is -1.16. The number of aliphatic hydroxyl groups excluding tert-OH is 1. The Balaban J connectivity index is 1.64. The van der Waals surface area contributed by atoms with Gasteiger partial charge in [-0.15, -0.1) is 0 Å². The minimum absolute atomic E-state index is 0.108. The van der Waals surface area contributed by atoms with E-state index < -0.39 is 11.5 Å². The molecule has 0 saturated heterocycles. The number of hydrogen-bond acceptors (Lipinski definition) is 4. The Morgan fingerprint density at radius 1 is 1.03 bits per heavy atom. The van der Waals surface area contributed by atoms with E-state index in [2.05, 4.69) is 34.6 Å². The Kier molecular flexibility index (Phi) is 6.38. The molecule has 5 rings (SSSR count). The van der Waals surface area contributed by atoms with Crippen molar-refractivity contribution in [1.82, 2.24) is 0 Å². The predicted octanol–water partition coefficient (Wildman–Crippen LogP) is 7.03. The normalized spacial score (nSPS) is 48.9. The van der Waals surface area contributed by atoms with Crippen LogP contribution in [0, 0.1) is 45.3 Å². The number of Topliss-reactive ketones (excluding diaryl/α,β-unsaturated/α-hetero) is 1. The average molecular weight is 499 g/mol. The second-order valence-corrected chi connectivity index (χ2v) is 14.4. The summed E-state index contributed by atoms with van der Waals surface area (Å²) in [7, 11) is 0. The van der Waals surface area contributed by atoms with Gasteiger partial charge in [-0.3, -0.25) is 4.79 Å². The van der Waals surface area contributed by atoms with Crippen molar-refractivity contribution in [3.05, 3.63) is 11.1 Å². The molecule has 0 aromatic carbocycles.